The number of carbonyl (C=O) groups is 3. The molecule has 1 amide bonds. The molecule has 36 heavy (non-hydrogen) atoms. The molecule has 10 heteroatoms. The van der Waals surface area contributed by atoms with Gasteiger partial charge in [0.2, 0.25) is 11.5 Å². The average Bonchev–Trinajstić information content (AvgIpc) is 3.15. The van der Waals surface area contributed by atoms with Crippen LogP contribution in [-0.4, -0.2) is 56.7 Å². The van der Waals surface area contributed by atoms with E-state index in [0.29, 0.717) is 40.5 Å². The van der Waals surface area contributed by atoms with Gasteiger partial charge >= 0.3 is 5.97 Å². The molecule has 10 nitrogen and oxygen atoms in total. The molecular formula is C26H29NO9. The van der Waals surface area contributed by atoms with Crippen molar-refractivity contribution in [3.8, 4) is 28.7 Å². The molecular weight excluding hydrogens is 470 g/mol. The van der Waals surface area contributed by atoms with Crippen LogP contribution in [0.25, 0.3) is 6.08 Å². The fourth-order valence-electron chi connectivity index (χ4n) is 3.67. The Balaban J connectivity index is 1.72. The predicted octanol–water partition coefficient (Wildman–Crippen LogP) is 3.32. The lowest BCUT2D eigenvalue weighted by molar-refractivity contribution is -0.142. The number of nitrogens with one attached hydrogen (secondary N) is 1. The van der Waals surface area contributed by atoms with Crippen LogP contribution in [0.15, 0.2) is 36.1 Å². The van der Waals surface area contributed by atoms with Crippen LogP contribution in [0.3, 0.4) is 0 Å². The quantitative estimate of drug-likeness (QED) is 0.447. The van der Waals surface area contributed by atoms with E-state index in [4.69, 9.17) is 23.7 Å². The van der Waals surface area contributed by atoms with Gasteiger partial charge in [0.25, 0.3) is 5.91 Å². The van der Waals surface area contributed by atoms with Crippen molar-refractivity contribution < 1.29 is 43.2 Å². The van der Waals surface area contributed by atoms with E-state index in [-0.39, 0.29) is 29.8 Å². The van der Waals surface area contributed by atoms with Crippen LogP contribution in [0.1, 0.15) is 36.2 Å². The lowest BCUT2D eigenvalue weighted by atomic mass is 10.0. The third kappa shape index (κ3) is 6.07. The van der Waals surface area contributed by atoms with Crippen molar-refractivity contribution in [3.63, 3.8) is 0 Å². The maximum Gasteiger partial charge on any atom is 0.326 e. The lowest BCUT2D eigenvalue weighted by Crippen LogP contribution is -2.43. The van der Waals surface area contributed by atoms with Gasteiger partial charge in [-0.2, -0.15) is 0 Å². The molecule has 0 radical (unpaired) electrons. The molecule has 2 aromatic carbocycles. The van der Waals surface area contributed by atoms with Crippen molar-refractivity contribution in [1.82, 2.24) is 5.32 Å². The van der Waals surface area contributed by atoms with Crippen molar-refractivity contribution >= 4 is 23.7 Å². The summed E-state index contributed by atoms with van der Waals surface area (Å²) in [4.78, 5) is 36.4. The van der Waals surface area contributed by atoms with E-state index in [9.17, 15) is 19.5 Å². The molecule has 192 valence electrons. The summed E-state index contributed by atoms with van der Waals surface area (Å²) in [6.07, 6.45) is 1.86. The molecule has 1 unspecified atom stereocenters. The number of ether oxygens (including phenoxy) is 5. The third-order valence-electron chi connectivity index (χ3n) is 5.34. The number of ketones is 1. The summed E-state index contributed by atoms with van der Waals surface area (Å²) in [5.41, 5.74) is 0.941. The Hall–Kier alpha value is -4.21. The maximum absolute atomic E-state index is 12.8. The Morgan fingerprint density at radius 3 is 2.28 bits per heavy atom. The molecule has 0 aliphatic carbocycles. The van der Waals surface area contributed by atoms with Gasteiger partial charge in [0.15, 0.2) is 23.9 Å². The van der Waals surface area contributed by atoms with Crippen molar-refractivity contribution in [2.75, 3.05) is 27.9 Å². The molecule has 2 aromatic rings. The van der Waals surface area contributed by atoms with Crippen molar-refractivity contribution in [2.45, 2.75) is 26.3 Å². The van der Waals surface area contributed by atoms with Crippen LogP contribution in [0.5, 0.6) is 28.7 Å². The number of benzene rings is 2. The summed E-state index contributed by atoms with van der Waals surface area (Å²) in [7, 11) is 4.49. The number of aliphatic carboxylic acids is 1. The van der Waals surface area contributed by atoms with Gasteiger partial charge in [0.05, 0.1) is 26.9 Å². The number of carboxylic acid groups (broad SMARTS) is 1. The van der Waals surface area contributed by atoms with Crippen LogP contribution >= 0.6 is 0 Å². The Labute approximate surface area is 208 Å². The molecule has 0 aromatic heterocycles. The van der Waals surface area contributed by atoms with Gasteiger partial charge in [-0.15, -0.1) is 0 Å². The largest absolute Gasteiger partial charge is 0.493 e. The first-order valence-corrected chi connectivity index (χ1v) is 11.2. The smallest absolute Gasteiger partial charge is 0.326 e. The molecule has 0 bridgehead atoms. The van der Waals surface area contributed by atoms with Gasteiger partial charge in [-0.05, 0) is 48.2 Å². The van der Waals surface area contributed by atoms with E-state index in [0.717, 1.165) is 0 Å². The number of Topliss-reactive ketones (excluding diaryl/α,β-unsaturated/α-hetero) is 1. The van der Waals surface area contributed by atoms with E-state index >= 15 is 0 Å². The Morgan fingerprint density at radius 1 is 1.06 bits per heavy atom. The molecule has 0 saturated heterocycles. The lowest BCUT2D eigenvalue weighted by Gasteiger charge is -2.16. The summed E-state index contributed by atoms with van der Waals surface area (Å²) >= 11 is 0. The molecule has 1 heterocycles. The molecule has 2 N–H and O–H groups in total. The van der Waals surface area contributed by atoms with Gasteiger partial charge in [-0.1, -0.05) is 13.8 Å². The summed E-state index contributed by atoms with van der Waals surface area (Å²) in [6.45, 7) is 3.35. The second-order valence-electron chi connectivity index (χ2n) is 8.43. The summed E-state index contributed by atoms with van der Waals surface area (Å²) in [6, 6.07) is 6.96. The SMILES string of the molecule is COc1cc(C=C2Oc3cc(OCC(=O)NC(CC(C)C)C(=O)O)ccc3C2=O)cc(OC)c1OC. The van der Waals surface area contributed by atoms with Crippen molar-refractivity contribution in [2.24, 2.45) is 5.92 Å². The molecule has 1 atom stereocenters. The molecule has 3 rings (SSSR count). The Morgan fingerprint density at radius 2 is 1.72 bits per heavy atom. The van der Waals surface area contributed by atoms with Crippen molar-refractivity contribution in [1.29, 1.82) is 0 Å². The van der Waals surface area contributed by atoms with Crippen LogP contribution in [0, 0.1) is 5.92 Å². The first kappa shape index (κ1) is 26.4. The second kappa shape index (κ2) is 11.5. The first-order chi connectivity index (χ1) is 17.2. The molecule has 1 aliphatic rings. The zero-order chi connectivity index (χ0) is 26.4. The third-order valence-corrected chi connectivity index (χ3v) is 5.34. The summed E-state index contributed by atoms with van der Waals surface area (Å²) < 4.78 is 27.3. The standard InChI is InChI=1S/C26H29NO9/c1-14(2)8-18(26(30)31)27-23(28)13-35-16-6-7-17-19(12-16)36-20(24(17)29)9-15-10-21(32-3)25(34-5)22(11-15)33-4/h6-7,9-12,14,18H,8,13H2,1-5H3,(H,27,28)(H,30,31). The fourth-order valence-corrected chi connectivity index (χ4v) is 3.67. The summed E-state index contributed by atoms with van der Waals surface area (Å²) in [5, 5.41) is 11.7. The first-order valence-electron chi connectivity index (χ1n) is 11.2. The van der Waals surface area contributed by atoms with E-state index in [1.54, 1.807) is 30.3 Å². The normalized spacial score (nSPS) is 14.2. The van der Waals surface area contributed by atoms with E-state index in [1.807, 2.05) is 13.8 Å². The second-order valence-corrected chi connectivity index (χ2v) is 8.43. The monoisotopic (exact) mass is 499 g/mol. The van der Waals surface area contributed by atoms with E-state index < -0.39 is 17.9 Å². The van der Waals surface area contributed by atoms with Crippen LogP contribution in [0.2, 0.25) is 0 Å². The number of carboxylic acids is 1. The molecule has 0 fully saturated rings. The maximum atomic E-state index is 12.8. The number of hydrogen-bond donors (Lipinski definition) is 2. The topological polar surface area (TPSA) is 130 Å². The van der Waals surface area contributed by atoms with Crippen LogP contribution in [-0.2, 0) is 9.59 Å². The van der Waals surface area contributed by atoms with E-state index in [1.165, 1.54) is 27.4 Å². The zero-order valence-electron chi connectivity index (χ0n) is 20.7. The highest BCUT2D eigenvalue weighted by Crippen LogP contribution is 2.40. The van der Waals surface area contributed by atoms with Crippen LogP contribution in [0.4, 0.5) is 0 Å². The summed E-state index contributed by atoms with van der Waals surface area (Å²) in [5.74, 6) is 0.0547. The highest BCUT2D eigenvalue weighted by molar-refractivity contribution is 6.14. The minimum absolute atomic E-state index is 0.0900. The number of rotatable bonds is 11. The number of fused-ring (bicyclic) bond motifs is 1. The molecule has 1 aliphatic heterocycles. The number of carbonyl (C=O) groups excluding carboxylic acids is 2. The number of hydrogen-bond acceptors (Lipinski definition) is 8. The minimum Gasteiger partial charge on any atom is -0.493 e. The van der Waals surface area contributed by atoms with Crippen molar-refractivity contribution in [3.05, 3.63) is 47.2 Å². The Kier molecular flexibility index (Phi) is 8.42. The van der Waals surface area contributed by atoms with Gasteiger partial charge in [0.1, 0.15) is 17.5 Å². The van der Waals surface area contributed by atoms with E-state index in [2.05, 4.69) is 5.32 Å². The van der Waals surface area contributed by atoms with Gasteiger partial charge in [-0.25, -0.2) is 4.79 Å². The number of allylic oxidation sites excluding steroid dienone is 1. The predicted molar refractivity (Wildman–Crippen MR) is 130 cm³/mol. The highest BCUT2D eigenvalue weighted by atomic mass is 16.5. The number of methoxy groups -OCH3 is 3. The van der Waals surface area contributed by atoms with Gasteiger partial charge in [0, 0.05) is 6.07 Å². The fraction of sp³-hybridized carbons (Fsp3) is 0.346. The van der Waals surface area contributed by atoms with Crippen LogP contribution < -0.4 is 29.0 Å². The Bertz CT molecular complexity index is 1160. The number of amides is 1. The molecule has 0 spiro atoms. The van der Waals surface area contributed by atoms with Gasteiger partial charge < -0.3 is 34.1 Å². The minimum atomic E-state index is -1.10. The highest BCUT2D eigenvalue weighted by Gasteiger charge is 2.28. The molecule has 0 saturated carbocycles. The zero-order valence-corrected chi connectivity index (χ0v) is 20.7. The average molecular weight is 500 g/mol. The van der Waals surface area contributed by atoms with Gasteiger partial charge in [-0.3, -0.25) is 9.59 Å².